The molecule has 0 aliphatic heterocycles. The lowest BCUT2D eigenvalue weighted by Crippen LogP contribution is -2.43. The number of hydrogen-bond donors (Lipinski definition) is 1. The van der Waals surface area contributed by atoms with Crippen molar-refractivity contribution >= 4 is 0 Å². The number of hydrogen-bond acceptors (Lipinski definition) is 2. The van der Waals surface area contributed by atoms with Crippen molar-refractivity contribution in [3.63, 3.8) is 0 Å². The third-order valence-corrected chi connectivity index (χ3v) is 3.42. The fourth-order valence-corrected chi connectivity index (χ4v) is 1.34. The minimum Gasteiger partial charge on any atom is -0.315 e. The van der Waals surface area contributed by atoms with Crippen LogP contribution in [0.3, 0.4) is 0 Å². The topological polar surface area (TPSA) is 15.3 Å². The zero-order chi connectivity index (χ0) is 11.9. The van der Waals surface area contributed by atoms with Crippen LogP contribution in [0.25, 0.3) is 0 Å². The number of rotatable bonds is 8. The van der Waals surface area contributed by atoms with Crippen LogP contribution in [-0.2, 0) is 0 Å². The van der Waals surface area contributed by atoms with Gasteiger partial charge in [-0.2, -0.15) is 0 Å². The van der Waals surface area contributed by atoms with Gasteiger partial charge in [0.1, 0.15) is 0 Å². The Bertz CT molecular complexity index is 153. The summed E-state index contributed by atoms with van der Waals surface area (Å²) in [6, 6.07) is 0. The van der Waals surface area contributed by atoms with E-state index in [1.807, 2.05) is 0 Å². The highest BCUT2D eigenvalue weighted by Crippen LogP contribution is 2.15. The van der Waals surface area contributed by atoms with E-state index >= 15 is 0 Å². The molecule has 92 valence electrons. The SMILES string of the molecule is CCC(C)(C)N(C)CCNCCC(C)C. The average molecular weight is 214 g/mol. The van der Waals surface area contributed by atoms with E-state index in [0.29, 0.717) is 5.54 Å². The zero-order valence-electron chi connectivity index (χ0n) is 11.6. The Labute approximate surface area is 96.4 Å². The molecule has 0 spiro atoms. The number of likely N-dealkylation sites (N-methyl/N-ethyl adjacent to an activating group) is 1. The van der Waals surface area contributed by atoms with E-state index in [2.05, 4.69) is 51.9 Å². The number of nitrogens with one attached hydrogen (secondary N) is 1. The lowest BCUT2D eigenvalue weighted by atomic mass is 10.0. The molecule has 0 rings (SSSR count). The van der Waals surface area contributed by atoms with E-state index in [9.17, 15) is 0 Å². The van der Waals surface area contributed by atoms with Gasteiger partial charge in [-0.3, -0.25) is 4.90 Å². The van der Waals surface area contributed by atoms with Crippen LogP contribution in [0.2, 0.25) is 0 Å². The highest BCUT2D eigenvalue weighted by atomic mass is 15.2. The maximum absolute atomic E-state index is 3.50. The Kier molecular flexibility index (Phi) is 7.20. The molecule has 0 bridgehead atoms. The van der Waals surface area contributed by atoms with Gasteiger partial charge in [0.2, 0.25) is 0 Å². The van der Waals surface area contributed by atoms with E-state index < -0.39 is 0 Å². The average Bonchev–Trinajstić information content (AvgIpc) is 2.16. The third kappa shape index (κ3) is 6.91. The van der Waals surface area contributed by atoms with Crippen molar-refractivity contribution in [2.45, 2.75) is 53.0 Å². The molecule has 0 aromatic carbocycles. The first-order chi connectivity index (χ1) is 6.90. The summed E-state index contributed by atoms with van der Waals surface area (Å²) in [5.41, 5.74) is 0.333. The Balaban J connectivity index is 3.51. The molecule has 0 saturated heterocycles. The summed E-state index contributed by atoms with van der Waals surface area (Å²) in [6.07, 6.45) is 2.48. The quantitative estimate of drug-likeness (QED) is 0.625. The van der Waals surface area contributed by atoms with Crippen LogP contribution in [0.1, 0.15) is 47.5 Å². The van der Waals surface area contributed by atoms with Crippen LogP contribution < -0.4 is 5.32 Å². The van der Waals surface area contributed by atoms with Crippen molar-refractivity contribution < 1.29 is 0 Å². The fraction of sp³-hybridized carbons (Fsp3) is 1.00. The Morgan fingerprint density at radius 1 is 1.20 bits per heavy atom. The maximum Gasteiger partial charge on any atom is 0.0148 e. The summed E-state index contributed by atoms with van der Waals surface area (Å²) in [7, 11) is 2.22. The Morgan fingerprint density at radius 3 is 2.27 bits per heavy atom. The summed E-state index contributed by atoms with van der Waals surface area (Å²) in [4.78, 5) is 2.44. The van der Waals surface area contributed by atoms with Crippen LogP contribution in [0.5, 0.6) is 0 Å². The lowest BCUT2D eigenvalue weighted by molar-refractivity contribution is 0.152. The van der Waals surface area contributed by atoms with Gasteiger partial charge in [-0.1, -0.05) is 20.8 Å². The smallest absolute Gasteiger partial charge is 0.0148 e. The van der Waals surface area contributed by atoms with Gasteiger partial charge in [-0.05, 0) is 46.2 Å². The highest BCUT2D eigenvalue weighted by Gasteiger charge is 2.19. The predicted octanol–water partition coefficient (Wildman–Crippen LogP) is 2.74. The molecule has 15 heavy (non-hydrogen) atoms. The second kappa shape index (κ2) is 7.24. The molecule has 0 fully saturated rings. The van der Waals surface area contributed by atoms with Gasteiger partial charge in [0.05, 0.1) is 0 Å². The molecule has 0 radical (unpaired) electrons. The monoisotopic (exact) mass is 214 g/mol. The summed E-state index contributed by atoms with van der Waals surface area (Å²) in [5.74, 6) is 0.808. The van der Waals surface area contributed by atoms with E-state index in [0.717, 1.165) is 25.6 Å². The molecule has 0 atom stereocenters. The van der Waals surface area contributed by atoms with Crippen LogP contribution >= 0.6 is 0 Å². The first-order valence-corrected chi connectivity index (χ1v) is 6.32. The van der Waals surface area contributed by atoms with Gasteiger partial charge in [-0.15, -0.1) is 0 Å². The zero-order valence-corrected chi connectivity index (χ0v) is 11.6. The van der Waals surface area contributed by atoms with Crippen LogP contribution in [0.15, 0.2) is 0 Å². The summed E-state index contributed by atoms with van der Waals surface area (Å²) >= 11 is 0. The normalized spacial score (nSPS) is 12.8. The fourth-order valence-electron chi connectivity index (χ4n) is 1.34. The van der Waals surface area contributed by atoms with Gasteiger partial charge in [0.25, 0.3) is 0 Å². The number of nitrogens with zero attached hydrogens (tertiary/aromatic N) is 1. The molecular weight excluding hydrogens is 184 g/mol. The maximum atomic E-state index is 3.50. The van der Waals surface area contributed by atoms with E-state index in [1.165, 1.54) is 12.8 Å². The third-order valence-electron chi connectivity index (χ3n) is 3.42. The first-order valence-electron chi connectivity index (χ1n) is 6.32. The van der Waals surface area contributed by atoms with Crippen molar-refractivity contribution in [3.05, 3.63) is 0 Å². The van der Waals surface area contributed by atoms with E-state index in [-0.39, 0.29) is 0 Å². The van der Waals surface area contributed by atoms with Gasteiger partial charge >= 0.3 is 0 Å². The summed E-state index contributed by atoms with van der Waals surface area (Å²) in [5, 5.41) is 3.50. The molecule has 2 heteroatoms. The second-order valence-electron chi connectivity index (χ2n) is 5.52. The van der Waals surface area contributed by atoms with Crippen LogP contribution in [-0.4, -0.2) is 37.1 Å². The van der Waals surface area contributed by atoms with Gasteiger partial charge in [0.15, 0.2) is 0 Å². The minimum absolute atomic E-state index is 0.333. The molecule has 0 aliphatic rings. The first kappa shape index (κ1) is 14.9. The van der Waals surface area contributed by atoms with Crippen LogP contribution in [0.4, 0.5) is 0 Å². The van der Waals surface area contributed by atoms with E-state index in [1.54, 1.807) is 0 Å². The lowest BCUT2D eigenvalue weighted by Gasteiger charge is -2.34. The largest absolute Gasteiger partial charge is 0.315 e. The predicted molar refractivity (Wildman–Crippen MR) is 69.3 cm³/mol. The molecule has 0 amide bonds. The molecule has 0 heterocycles. The molecule has 1 N–H and O–H groups in total. The van der Waals surface area contributed by atoms with Crippen LogP contribution in [0, 0.1) is 5.92 Å². The molecule has 0 unspecified atom stereocenters. The molecule has 0 aromatic heterocycles. The minimum atomic E-state index is 0.333. The van der Waals surface area contributed by atoms with Crippen molar-refractivity contribution in [1.82, 2.24) is 10.2 Å². The molecular formula is C13H30N2. The second-order valence-corrected chi connectivity index (χ2v) is 5.52. The molecule has 0 saturated carbocycles. The molecule has 0 aromatic rings. The Hall–Kier alpha value is -0.0800. The summed E-state index contributed by atoms with van der Waals surface area (Å²) in [6.45, 7) is 14.8. The van der Waals surface area contributed by atoms with E-state index in [4.69, 9.17) is 0 Å². The van der Waals surface area contributed by atoms with Gasteiger partial charge in [0, 0.05) is 18.6 Å². The molecule has 2 nitrogen and oxygen atoms in total. The van der Waals surface area contributed by atoms with Crippen molar-refractivity contribution in [2.24, 2.45) is 5.92 Å². The van der Waals surface area contributed by atoms with Crippen molar-refractivity contribution in [3.8, 4) is 0 Å². The van der Waals surface area contributed by atoms with Gasteiger partial charge < -0.3 is 5.32 Å². The van der Waals surface area contributed by atoms with Crippen molar-refractivity contribution in [1.29, 1.82) is 0 Å². The highest BCUT2D eigenvalue weighted by molar-refractivity contribution is 4.77. The standard InChI is InChI=1S/C13H30N2/c1-7-13(4,5)15(6)11-10-14-9-8-12(2)3/h12,14H,7-11H2,1-6H3. The summed E-state index contributed by atoms with van der Waals surface area (Å²) < 4.78 is 0. The Morgan fingerprint density at radius 2 is 1.80 bits per heavy atom. The van der Waals surface area contributed by atoms with Gasteiger partial charge in [-0.25, -0.2) is 0 Å². The van der Waals surface area contributed by atoms with Crippen molar-refractivity contribution in [2.75, 3.05) is 26.7 Å². The molecule has 0 aliphatic carbocycles.